The van der Waals surface area contributed by atoms with Gasteiger partial charge in [-0.05, 0) is 25.1 Å². The van der Waals surface area contributed by atoms with E-state index in [4.69, 9.17) is 9.84 Å². The highest BCUT2D eigenvalue weighted by molar-refractivity contribution is 5.98. The van der Waals surface area contributed by atoms with Gasteiger partial charge in [0, 0.05) is 6.54 Å². The number of ether oxygens (including phenoxy) is 1. The molecular weight excluding hydrogens is 241 g/mol. The summed E-state index contributed by atoms with van der Waals surface area (Å²) >= 11 is 0. The van der Waals surface area contributed by atoms with Crippen molar-refractivity contribution in [3.8, 4) is 5.75 Å². The smallest absolute Gasteiger partial charge is 0.323 e. The molecule has 98 valence electrons. The fourth-order valence-corrected chi connectivity index (χ4v) is 1.51. The van der Waals surface area contributed by atoms with Crippen molar-refractivity contribution >= 4 is 11.9 Å². The van der Waals surface area contributed by atoms with E-state index in [0.29, 0.717) is 0 Å². The minimum absolute atomic E-state index is 0.0144. The van der Waals surface area contributed by atoms with Crippen molar-refractivity contribution in [1.82, 2.24) is 4.90 Å². The van der Waals surface area contributed by atoms with Crippen LogP contribution in [0.15, 0.2) is 18.2 Å². The lowest BCUT2D eigenvalue weighted by Gasteiger charge is -2.19. The standard InChI is InChI=1S/C12H14FNO4/c1-3-14(7-11(15)16)12(17)9-6-8(13)4-5-10(9)18-2/h4-6H,3,7H2,1-2H3,(H,15,16). The predicted octanol–water partition coefficient (Wildman–Crippen LogP) is 1.38. The van der Waals surface area contributed by atoms with Crippen LogP contribution in [0.4, 0.5) is 4.39 Å². The van der Waals surface area contributed by atoms with E-state index in [9.17, 15) is 14.0 Å². The molecule has 0 unspecified atom stereocenters. The molecule has 6 heteroatoms. The van der Waals surface area contributed by atoms with Gasteiger partial charge in [-0.1, -0.05) is 0 Å². The van der Waals surface area contributed by atoms with E-state index >= 15 is 0 Å². The fourth-order valence-electron chi connectivity index (χ4n) is 1.51. The zero-order valence-corrected chi connectivity index (χ0v) is 10.1. The van der Waals surface area contributed by atoms with Gasteiger partial charge in [0.2, 0.25) is 0 Å². The van der Waals surface area contributed by atoms with Crippen LogP contribution in [-0.4, -0.2) is 42.1 Å². The number of carboxylic acid groups (broad SMARTS) is 1. The SMILES string of the molecule is CCN(CC(=O)O)C(=O)c1cc(F)ccc1OC. The van der Waals surface area contributed by atoms with Crippen LogP contribution in [0.5, 0.6) is 5.75 Å². The largest absolute Gasteiger partial charge is 0.496 e. The Kier molecular flexibility index (Phi) is 4.65. The number of hydrogen-bond donors (Lipinski definition) is 1. The Hall–Kier alpha value is -2.11. The minimum Gasteiger partial charge on any atom is -0.496 e. The number of aliphatic carboxylic acids is 1. The van der Waals surface area contributed by atoms with Gasteiger partial charge in [-0.2, -0.15) is 0 Å². The number of rotatable bonds is 5. The second-order valence-electron chi connectivity index (χ2n) is 3.56. The molecule has 18 heavy (non-hydrogen) atoms. The number of likely N-dealkylation sites (N-methyl/N-ethyl adjacent to an activating group) is 1. The third kappa shape index (κ3) is 3.19. The maximum atomic E-state index is 13.1. The monoisotopic (exact) mass is 255 g/mol. The Morgan fingerprint density at radius 2 is 2.11 bits per heavy atom. The Bertz CT molecular complexity index is 461. The number of methoxy groups -OCH3 is 1. The summed E-state index contributed by atoms with van der Waals surface area (Å²) < 4.78 is 18.1. The van der Waals surface area contributed by atoms with Gasteiger partial charge in [-0.25, -0.2) is 4.39 Å². The highest BCUT2D eigenvalue weighted by atomic mass is 19.1. The van der Waals surface area contributed by atoms with E-state index in [1.165, 1.54) is 19.2 Å². The number of halogens is 1. The number of carboxylic acids is 1. The van der Waals surface area contributed by atoms with Crippen LogP contribution in [0, 0.1) is 5.82 Å². The van der Waals surface area contributed by atoms with Crippen molar-refractivity contribution < 1.29 is 23.8 Å². The lowest BCUT2D eigenvalue weighted by Crippen LogP contribution is -2.35. The number of carbonyl (C=O) groups excluding carboxylic acids is 1. The lowest BCUT2D eigenvalue weighted by molar-refractivity contribution is -0.137. The van der Waals surface area contributed by atoms with Crippen LogP contribution in [0.2, 0.25) is 0 Å². The number of nitrogens with zero attached hydrogens (tertiary/aromatic N) is 1. The van der Waals surface area contributed by atoms with Gasteiger partial charge >= 0.3 is 5.97 Å². The highest BCUT2D eigenvalue weighted by Crippen LogP contribution is 2.21. The van der Waals surface area contributed by atoms with Crippen LogP contribution in [0.3, 0.4) is 0 Å². The first-order valence-electron chi connectivity index (χ1n) is 5.34. The molecular formula is C12H14FNO4. The molecule has 5 nitrogen and oxygen atoms in total. The Labute approximate surface area is 104 Å². The molecule has 0 fully saturated rings. The normalized spacial score (nSPS) is 9.94. The summed E-state index contributed by atoms with van der Waals surface area (Å²) in [5, 5.41) is 8.69. The summed E-state index contributed by atoms with van der Waals surface area (Å²) in [4.78, 5) is 23.8. The van der Waals surface area contributed by atoms with Crippen LogP contribution in [0.25, 0.3) is 0 Å². The molecule has 1 N–H and O–H groups in total. The zero-order valence-electron chi connectivity index (χ0n) is 10.1. The predicted molar refractivity (Wildman–Crippen MR) is 62.2 cm³/mol. The van der Waals surface area contributed by atoms with Gasteiger partial charge in [-0.15, -0.1) is 0 Å². The van der Waals surface area contributed by atoms with Gasteiger partial charge in [0.1, 0.15) is 18.1 Å². The Morgan fingerprint density at radius 3 is 2.61 bits per heavy atom. The molecule has 1 aromatic rings. The molecule has 0 heterocycles. The first kappa shape index (κ1) is 14.0. The van der Waals surface area contributed by atoms with Crippen LogP contribution in [0.1, 0.15) is 17.3 Å². The van der Waals surface area contributed by atoms with Gasteiger partial charge < -0.3 is 14.7 Å². The third-order valence-electron chi connectivity index (χ3n) is 2.39. The van der Waals surface area contributed by atoms with Crippen molar-refractivity contribution in [2.45, 2.75) is 6.92 Å². The number of amides is 1. The number of carbonyl (C=O) groups is 2. The molecule has 0 aromatic heterocycles. The maximum absolute atomic E-state index is 13.1. The summed E-state index contributed by atoms with van der Waals surface area (Å²) in [6.07, 6.45) is 0. The molecule has 0 radical (unpaired) electrons. The second kappa shape index (κ2) is 6.00. The summed E-state index contributed by atoms with van der Waals surface area (Å²) in [6.45, 7) is 1.42. The van der Waals surface area contributed by atoms with E-state index in [0.717, 1.165) is 11.0 Å². The van der Waals surface area contributed by atoms with Crippen LogP contribution < -0.4 is 4.74 Å². The van der Waals surface area contributed by atoms with Gasteiger partial charge in [0.25, 0.3) is 5.91 Å². The fraction of sp³-hybridized carbons (Fsp3) is 0.333. The molecule has 0 aliphatic rings. The quantitative estimate of drug-likeness (QED) is 0.863. The molecule has 0 aliphatic carbocycles. The van der Waals surface area contributed by atoms with Crippen molar-refractivity contribution in [2.24, 2.45) is 0 Å². The molecule has 0 saturated carbocycles. The number of hydrogen-bond acceptors (Lipinski definition) is 3. The minimum atomic E-state index is -1.12. The van der Waals surface area contributed by atoms with E-state index in [1.54, 1.807) is 6.92 Å². The summed E-state index contributed by atoms with van der Waals surface area (Å²) in [6, 6.07) is 3.53. The molecule has 0 bridgehead atoms. The average molecular weight is 255 g/mol. The van der Waals surface area contributed by atoms with Gasteiger partial charge in [-0.3, -0.25) is 9.59 Å². The first-order chi connectivity index (χ1) is 8.49. The van der Waals surface area contributed by atoms with Crippen LogP contribution in [-0.2, 0) is 4.79 Å². The van der Waals surface area contributed by atoms with E-state index in [-0.39, 0.29) is 17.9 Å². The summed E-state index contributed by atoms with van der Waals surface area (Å²) in [5.41, 5.74) is 0.0144. The topological polar surface area (TPSA) is 66.8 Å². The second-order valence-corrected chi connectivity index (χ2v) is 3.56. The molecule has 1 rings (SSSR count). The maximum Gasteiger partial charge on any atom is 0.323 e. The third-order valence-corrected chi connectivity index (χ3v) is 2.39. The summed E-state index contributed by atoms with van der Waals surface area (Å²) in [5.74, 6) is -2.06. The van der Waals surface area contributed by atoms with Crippen molar-refractivity contribution in [3.05, 3.63) is 29.6 Å². The van der Waals surface area contributed by atoms with Crippen molar-refractivity contribution in [1.29, 1.82) is 0 Å². The molecule has 0 saturated heterocycles. The van der Waals surface area contributed by atoms with Gasteiger partial charge in [0.15, 0.2) is 0 Å². The Morgan fingerprint density at radius 1 is 1.44 bits per heavy atom. The average Bonchev–Trinajstić information content (AvgIpc) is 2.34. The molecule has 0 atom stereocenters. The molecule has 0 aliphatic heterocycles. The van der Waals surface area contributed by atoms with Gasteiger partial charge in [0.05, 0.1) is 12.7 Å². The number of benzene rings is 1. The van der Waals surface area contributed by atoms with Crippen molar-refractivity contribution in [3.63, 3.8) is 0 Å². The van der Waals surface area contributed by atoms with E-state index in [1.807, 2.05) is 0 Å². The summed E-state index contributed by atoms with van der Waals surface area (Å²) in [7, 11) is 1.36. The van der Waals surface area contributed by atoms with E-state index < -0.39 is 24.2 Å². The highest BCUT2D eigenvalue weighted by Gasteiger charge is 2.20. The van der Waals surface area contributed by atoms with E-state index in [2.05, 4.69) is 0 Å². The first-order valence-corrected chi connectivity index (χ1v) is 5.34. The van der Waals surface area contributed by atoms with Crippen molar-refractivity contribution in [2.75, 3.05) is 20.2 Å². The molecule has 1 aromatic carbocycles. The Balaban J connectivity index is 3.07. The zero-order chi connectivity index (χ0) is 13.7. The molecule has 0 spiro atoms. The molecule has 1 amide bonds. The lowest BCUT2D eigenvalue weighted by atomic mass is 10.1. The van der Waals surface area contributed by atoms with Crippen LogP contribution >= 0.6 is 0 Å².